The second-order valence-corrected chi connectivity index (χ2v) is 6.59. The lowest BCUT2D eigenvalue weighted by Gasteiger charge is -2.22. The van der Waals surface area contributed by atoms with Crippen molar-refractivity contribution < 1.29 is 32.6 Å². The Hall–Kier alpha value is -3.07. The van der Waals surface area contributed by atoms with Crippen LogP contribution in [0.2, 0.25) is 0 Å². The summed E-state index contributed by atoms with van der Waals surface area (Å²) in [5.74, 6) is -2.80. The summed E-state index contributed by atoms with van der Waals surface area (Å²) in [5.41, 5.74) is 1.97. The van der Waals surface area contributed by atoms with E-state index in [1.54, 1.807) is 49.6 Å². The molecule has 2 aromatic carbocycles. The molecule has 1 unspecified atom stereocenters. The Balaban J connectivity index is 1.54. The Morgan fingerprint density at radius 3 is 2.59 bits per heavy atom. The summed E-state index contributed by atoms with van der Waals surface area (Å²) in [6.45, 7) is 0.262. The Morgan fingerprint density at radius 2 is 1.97 bits per heavy atom. The minimum atomic E-state index is -4.94. The predicted molar refractivity (Wildman–Crippen MR) is 98.2 cm³/mol. The van der Waals surface area contributed by atoms with Gasteiger partial charge in [-0.3, -0.25) is 4.79 Å². The average molecular weight is 408 g/mol. The maximum absolute atomic E-state index is 12.8. The summed E-state index contributed by atoms with van der Waals surface area (Å²) < 4.78 is 43.5. The van der Waals surface area contributed by atoms with Crippen molar-refractivity contribution in [1.29, 1.82) is 0 Å². The van der Waals surface area contributed by atoms with Gasteiger partial charge in [0.25, 0.3) is 0 Å². The van der Waals surface area contributed by atoms with Crippen LogP contribution in [0.1, 0.15) is 23.1 Å². The van der Waals surface area contributed by atoms with Crippen molar-refractivity contribution in [1.82, 2.24) is 5.32 Å². The lowest BCUT2D eigenvalue weighted by molar-refractivity contribution is -0.355. The van der Waals surface area contributed by atoms with E-state index in [9.17, 15) is 23.1 Å². The quantitative estimate of drug-likeness (QED) is 0.770. The molecule has 1 heterocycles. The fourth-order valence-electron chi connectivity index (χ4n) is 2.77. The number of carbonyl (C=O) groups excluding carboxylic acids is 1. The monoisotopic (exact) mass is 408 g/mol. The van der Waals surface area contributed by atoms with Crippen molar-refractivity contribution in [2.24, 2.45) is 5.16 Å². The van der Waals surface area contributed by atoms with E-state index in [4.69, 9.17) is 4.74 Å². The zero-order valence-electron chi connectivity index (χ0n) is 15.5. The molecule has 1 aliphatic heterocycles. The lowest BCUT2D eigenvalue weighted by Crippen LogP contribution is -2.45. The number of hydrogen-bond acceptors (Lipinski definition) is 5. The number of hydrogen-bond donors (Lipinski definition) is 2. The molecule has 0 aliphatic carbocycles. The van der Waals surface area contributed by atoms with E-state index in [1.807, 2.05) is 6.07 Å². The molecule has 1 aliphatic rings. The van der Waals surface area contributed by atoms with Crippen LogP contribution in [0.4, 0.5) is 13.2 Å². The van der Waals surface area contributed by atoms with E-state index in [0.717, 1.165) is 11.1 Å². The van der Waals surface area contributed by atoms with Gasteiger partial charge in [0.05, 0.1) is 25.7 Å². The minimum Gasteiger partial charge on any atom is -0.497 e. The summed E-state index contributed by atoms with van der Waals surface area (Å²) >= 11 is 0. The number of halogens is 3. The van der Waals surface area contributed by atoms with Crippen LogP contribution in [0.5, 0.6) is 5.75 Å². The summed E-state index contributed by atoms with van der Waals surface area (Å²) in [6.07, 6.45) is -5.53. The molecule has 3 rings (SSSR count). The molecule has 154 valence electrons. The van der Waals surface area contributed by atoms with Crippen LogP contribution in [0.15, 0.2) is 53.7 Å². The molecule has 0 saturated heterocycles. The number of benzene rings is 2. The van der Waals surface area contributed by atoms with Crippen molar-refractivity contribution in [3.63, 3.8) is 0 Å². The van der Waals surface area contributed by atoms with Gasteiger partial charge in [-0.15, -0.1) is 0 Å². The van der Waals surface area contributed by atoms with Gasteiger partial charge < -0.3 is 20.0 Å². The molecule has 1 amide bonds. The first kappa shape index (κ1) is 20.7. The zero-order chi connectivity index (χ0) is 21.1. The van der Waals surface area contributed by atoms with Crippen molar-refractivity contribution >= 4 is 11.6 Å². The first-order valence-corrected chi connectivity index (χ1v) is 8.73. The number of aliphatic hydroxyl groups is 1. The van der Waals surface area contributed by atoms with Crippen LogP contribution in [-0.2, 0) is 22.6 Å². The highest BCUT2D eigenvalue weighted by molar-refractivity contribution is 6.01. The third-order valence-electron chi connectivity index (χ3n) is 4.43. The smallest absolute Gasteiger partial charge is 0.458 e. The molecule has 1 atom stereocenters. The number of oxime groups is 1. The highest BCUT2D eigenvalue weighted by Crippen LogP contribution is 2.38. The number of methoxy groups -OCH3 is 1. The average Bonchev–Trinajstić information content (AvgIpc) is 3.10. The molecular weight excluding hydrogens is 389 g/mol. The van der Waals surface area contributed by atoms with Crippen LogP contribution < -0.4 is 10.1 Å². The molecule has 9 heteroatoms. The molecule has 2 aromatic rings. The topological polar surface area (TPSA) is 80.2 Å². The first-order valence-electron chi connectivity index (χ1n) is 8.73. The second-order valence-electron chi connectivity index (χ2n) is 6.59. The lowest BCUT2D eigenvalue weighted by atomic mass is 10.0. The normalized spacial score (nSPS) is 18.7. The molecule has 0 saturated carbocycles. The van der Waals surface area contributed by atoms with Crippen LogP contribution in [0.25, 0.3) is 0 Å². The van der Waals surface area contributed by atoms with Crippen LogP contribution in [0.3, 0.4) is 0 Å². The first-order chi connectivity index (χ1) is 13.7. The van der Waals surface area contributed by atoms with Crippen LogP contribution in [0, 0.1) is 0 Å². The van der Waals surface area contributed by atoms with Gasteiger partial charge in [0.2, 0.25) is 5.91 Å². The van der Waals surface area contributed by atoms with Crippen LogP contribution >= 0.6 is 0 Å². The summed E-state index contributed by atoms with van der Waals surface area (Å²) in [4.78, 5) is 16.3. The number of carbonyl (C=O) groups is 1. The number of amides is 1. The Kier molecular flexibility index (Phi) is 5.78. The zero-order valence-corrected chi connectivity index (χ0v) is 15.5. The van der Waals surface area contributed by atoms with E-state index in [2.05, 4.69) is 15.3 Å². The van der Waals surface area contributed by atoms with E-state index in [1.165, 1.54) is 0 Å². The fourth-order valence-corrected chi connectivity index (χ4v) is 2.77. The van der Waals surface area contributed by atoms with Gasteiger partial charge in [-0.1, -0.05) is 41.6 Å². The van der Waals surface area contributed by atoms with Crippen molar-refractivity contribution in [2.45, 2.75) is 31.3 Å². The molecule has 0 spiro atoms. The molecule has 0 bridgehead atoms. The number of nitrogens with zero attached hydrogens (tertiary/aromatic N) is 1. The Morgan fingerprint density at radius 1 is 1.24 bits per heavy atom. The van der Waals surface area contributed by atoms with Gasteiger partial charge in [0, 0.05) is 6.54 Å². The largest absolute Gasteiger partial charge is 0.497 e. The maximum Gasteiger partial charge on any atom is 0.458 e. The van der Waals surface area contributed by atoms with E-state index >= 15 is 0 Å². The maximum atomic E-state index is 12.8. The fraction of sp³-hybridized carbons (Fsp3) is 0.300. The van der Waals surface area contributed by atoms with Crippen molar-refractivity contribution in [3.8, 4) is 5.75 Å². The standard InChI is InChI=1S/C20H19F3N2O4/c1-28-16-4-2-3-14(9-16)10-18(26)24-12-13-5-7-15(8-6-13)17-11-19(27,29-25-17)20(21,22)23/h2-9,27H,10-12H2,1H3,(H,24,26). The SMILES string of the molecule is COc1cccc(CC(=O)NCc2ccc(C3=NOC(O)(C(F)(F)F)C3)cc2)c1. The molecule has 0 radical (unpaired) electrons. The van der Waals surface area contributed by atoms with Gasteiger partial charge in [-0.05, 0) is 28.8 Å². The minimum absolute atomic E-state index is 0.00145. The summed E-state index contributed by atoms with van der Waals surface area (Å²) in [5, 5.41) is 15.6. The molecule has 0 fully saturated rings. The van der Waals surface area contributed by atoms with Gasteiger partial charge in [-0.25, -0.2) is 0 Å². The van der Waals surface area contributed by atoms with Gasteiger partial charge in [0.1, 0.15) is 5.75 Å². The van der Waals surface area contributed by atoms with E-state index in [0.29, 0.717) is 11.3 Å². The third kappa shape index (κ3) is 4.86. The second kappa shape index (κ2) is 8.12. The third-order valence-corrected chi connectivity index (χ3v) is 4.43. The molecule has 0 aromatic heterocycles. The Labute approximate surface area is 164 Å². The number of nitrogens with one attached hydrogen (secondary N) is 1. The van der Waals surface area contributed by atoms with Crippen LogP contribution in [-0.4, -0.2) is 35.8 Å². The van der Waals surface area contributed by atoms with Gasteiger partial charge >= 0.3 is 12.0 Å². The molecule has 2 N–H and O–H groups in total. The summed E-state index contributed by atoms with van der Waals surface area (Å²) in [6, 6.07) is 13.6. The van der Waals surface area contributed by atoms with Gasteiger partial charge in [-0.2, -0.15) is 13.2 Å². The molecule has 6 nitrogen and oxygen atoms in total. The molecular formula is C20H19F3N2O4. The van der Waals surface area contributed by atoms with Gasteiger partial charge in [0.15, 0.2) is 0 Å². The Bertz CT molecular complexity index is 913. The van der Waals surface area contributed by atoms with E-state index < -0.39 is 18.4 Å². The summed E-state index contributed by atoms with van der Waals surface area (Å²) in [7, 11) is 1.55. The van der Waals surface area contributed by atoms with Crippen molar-refractivity contribution in [3.05, 3.63) is 65.2 Å². The number of rotatable bonds is 6. The predicted octanol–water partition coefficient (Wildman–Crippen LogP) is 2.93. The highest BCUT2D eigenvalue weighted by Gasteiger charge is 2.60. The molecule has 29 heavy (non-hydrogen) atoms. The van der Waals surface area contributed by atoms with Crippen molar-refractivity contribution in [2.75, 3.05) is 7.11 Å². The highest BCUT2D eigenvalue weighted by atomic mass is 19.4. The number of ether oxygens (including phenoxy) is 1. The number of alkyl halides is 3. The van der Waals surface area contributed by atoms with E-state index in [-0.39, 0.29) is 24.6 Å².